The number of pyridine rings is 1. The van der Waals surface area contributed by atoms with Crippen molar-refractivity contribution in [1.82, 2.24) is 4.98 Å². The van der Waals surface area contributed by atoms with Crippen LogP contribution in [0.3, 0.4) is 0 Å². The topological polar surface area (TPSA) is 115 Å². The molecular weight excluding hydrogens is 226 g/mol. The third-order valence-electron chi connectivity index (χ3n) is 1.97. The summed E-state index contributed by atoms with van der Waals surface area (Å²) >= 11 is 0. The van der Waals surface area contributed by atoms with Crippen LogP contribution in [-0.2, 0) is 4.74 Å². The highest BCUT2D eigenvalue weighted by Gasteiger charge is 2.08. The number of rotatable bonds is 5. The molecule has 0 atom stereocenters. The average molecular weight is 239 g/mol. The summed E-state index contributed by atoms with van der Waals surface area (Å²) in [7, 11) is 0. The number of amides is 1. The van der Waals surface area contributed by atoms with Gasteiger partial charge in [-0.05, 0) is 19.1 Å². The number of nitrogens with one attached hydrogen (secondary N) is 1. The van der Waals surface area contributed by atoms with E-state index >= 15 is 0 Å². The Morgan fingerprint density at radius 1 is 1.53 bits per heavy atom. The van der Waals surface area contributed by atoms with Gasteiger partial charge >= 0.3 is 12.1 Å². The molecule has 1 aromatic rings. The fraction of sp³-hybridized carbons (Fsp3) is 0.300. The number of carbonyl (C=O) groups excluding carboxylic acids is 1. The van der Waals surface area contributed by atoms with Crippen molar-refractivity contribution in [2.45, 2.75) is 6.92 Å². The van der Waals surface area contributed by atoms with Crippen molar-refractivity contribution in [3.05, 3.63) is 23.4 Å². The van der Waals surface area contributed by atoms with Crippen LogP contribution in [0.2, 0.25) is 0 Å². The number of aryl methyl sites for hydroxylation is 1. The lowest BCUT2D eigenvalue weighted by Crippen LogP contribution is -2.18. The summed E-state index contributed by atoms with van der Waals surface area (Å²) in [5, 5.41) is 11.7. The van der Waals surface area contributed by atoms with Crippen LogP contribution >= 0.6 is 0 Å². The molecule has 4 N–H and O–H groups in total. The highest BCUT2D eigenvalue weighted by molar-refractivity contribution is 5.89. The van der Waals surface area contributed by atoms with Crippen molar-refractivity contribution in [2.75, 3.05) is 18.5 Å². The monoisotopic (exact) mass is 239 g/mol. The Morgan fingerprint density at radius 2 is 2.24 bits per heavy atom. The zero-order valence-corrected chi connectivity index (χ0v) is 9.27. The number of nitrogens with two attached hydrogens (primary N) is 1. The van der Waals surface area contributed by atoms with Gasteiger partial charge < -0.3 is 20.9 Å². The zero-order chi connectivity index (χ0) is 12.8. The number of anilines is 1. The lowest BCUT2D eigenvalue weighted by atomic mass is 10.2. The number of carboxylic acids is 1. The van der Waals surface area contributed by atoms with Gasteiger partial charge in [0, 0.05) is 0 Å². The average Bonchev–Trinajstić information content (AvgIpc) is 2.23. The number of carboxylic acid groups (broad SMARTS) is 1. The molecule has 1 heterocycles. The Labute approximate surface area is 97.6 Å². The Bertz CT molecular complexity index is 434. The van der Waals surface area contributed by atoms with Gasteiger partial charge in [0.2, 0.25) is 0 Å². The van der Waals surface area contributed by atoms with Crippen molar-refractivity contribution in [1.29, 1.82) is 0 Å². The molecule has 0 aliphatic carbocycles. The first-order valence-electron chi connectivity index (χ1n) is 4.87. The van der Waals surface area contributed by atoms with Crippen molar-refractivity contribution < 1.29 is 19.4 Å². The Balaban J connectivity index is 2.53. The van der Waals surface area contributed by atoms with Gasteiger partial charge in [-0.15, -0.1) is 0 Å². The second-order valence-corrected chi connectivity index (χ2v) is 3.23. The van der Waals surface area contributed by atoms with Crippen LogP contribution in [0.15, 0.2) is 12.1 Å². The normalized spacial score (nSPS) is 9.71. The maximum Gasteiger partial charge on any atom is 0.404 e. The molecule has 0 saturated heterocycles. The second kappa shape index (κ2) is 5.69. The molecule has 0 fully saturated rings. The summed E-state index contributed by atoms with van der Waals surface area (Å²) in [6.07, 6.45) is -0.836. The van der Waals surface area contributed by atoms with E-state index in [1.54, 1.807) is 13.0 Å². The zero-order valence-electron chi connectivity index (χ0n) is 9.27. The predicted octanol–water partition coefficient (Wildman–Crippen LogP) is 0.595. The molecule has 0 saturated carbocycles. The van der Waals surface area contributed by atoms with E-state index in [1.165, 1.54) is 6.07 Å². The van der Waals surface area contributed by atoms with Crippen LogP contribution < -0.4 is 11.1 Å². The number of ether oxygens (including phenoxy) is 1. The molecule has 1 rings (SSSR count). The fourth-order valence-corrected chi connectivity index (χ4v) is 1.22. The molecule has 7 heteroatoms. The first-order chi connectivity index (χ1) is 8.00. The molecule has 0 bridgehead atoms. The highest BCUT2D eigenvalue weighted by Crippen LogP contribution is 2.10. The first kappa shape index (κ1) is 12.8. The number of aromatic nitrogens is 1. The van der Waals surface area contributed by atoms with Crippen molar-refractivity contribution in [3.63, 3.8) is 0 Å². The highest BCUT2D eigenvalue weighted by atomic mass is 16.5. The summed E-state index contributed by atoms with van der Waals surface area (Å²) in [4.78, 5) is 25.1. The molecular formula is C10H13N3O4. The number of nitrogens with zero attached hydrogens (tertiary/aromatic N) is 1. The molecule has 17 heavy (non-hydrogen) atoms. The quantitative estimate of drug-likeness (QED) is 0.648. The Morgan fingerprint density at radius 3 is 2.76 bits per heavy atom. The minimum absolute atomic E-state index is 0.122. The molecule has 1 aromatic heterocycles. The van der Waals surface area contributed by atoms with E-state index in [-0.39, 0.29) is 12.2 Å². The summed E-state index contributed by atoms with van der Waals surface area (Å²) in [6.45, 7) is 2.08. The number of primary amides is 1. The van der Waals surface area contributed by atoms with Gasteiger partial charge in [-0.25, -0.2) is 14.6 Å². The van der Waals surface area contributed by atoms with Crippen LogP contribution in [0.5, 0.6) is 0 Å². The van der Waals surface area contributed by atoms with Crippen LogP contribution in [-0.4, -0.2) is 35.3 Å². The van der Waals surface area contributed by atoms with E-state index in [4.69, 9.17) is 10.8 Å². The van der Waals surface area contributed by atoms with Crippen molar-refractivity contribution in [3.8, 4) is 0 Å². The molecule has 0 aliphatic rings. The smallest absolute Gasteiger partial charge is 0.404 e. The van der Waals surface area contributed by atoms with Gasteiger partial charge in [-0.3, -0.25) is 0 Å². The number of aromatic carboxylic acids is 1. The molecule has 92 valence electrons. The van der Waals surface area contributed by atoms with E-state index < -0.39 is 12.1 Å². The van der Waals surface area contributed by atoms with E-state index in [9.17, 15) is 9.59 Å². The van der Waals surface area contributed by atoms with Crippen molar-refractivity contribution >= 4 is 17.9 Å². The van der Waals surface area contributed by atoms with Gasteiger partial charge in [0.1, 0.15) is 12.4 Å². The molecule has 0 unspecified atom stereocenters. The van der Waals surface area contributed by atoms with Crippen LogP contribution in [0, 0.1) is 6.92 Å². The SMILES string of the molecule is Cc1nc(NCCOC(N)=O)ccc1C(=O)O. The third kappa shape index (κ3) is 3.98. The van der Waals surface area contributed by atoms with Crippen LogP contribution in [0.25, 0.3) is 0 Å². The Hall–Kier alpha value is -2.31. The summed E-state index contributed by atoms with van der Waals surface area (Å²) in [5.41, 5.74) is 5.35. The van der Waals surface area contributed by atoms with Gasteiger partial charge in [-0.1, -0.05) is 0 Å². The third-order valence-corrected chi connectivity index (χ3v) is 1.97. The van der Waals surface area contributed by atoms with Crippen molar-refractivity contribution in [2.24, 2.45) is 5.73 Å². The van der Waals surface area contributed by atoms with Gasteiger partial charge in [0.25, 0.3) is 0 Å². The molecule has 0 aromatic carbocycles. The largest absolute Gasteiger partial charge is 0.478 e. The van der Waals surface area contributed by atoms with Gasteiger partial charge in [0.05, 0.1) is 17.8 Å². The van der Waals surface area contributed by atoms with Crippen LogP contribution in [0.4, 0.5) is 10.6 Å². The number of hydrogen-bond donors (Lipinski definition) is 3. The lowest BCUT2D eigenvalue weighted by molar-refractivity contribution is 0.0695. The predicted molar refractivity (Wildman–Crippen MR) is 60.0 cm³/mol. The minimum atomic E-state index is -1.02. The van der Waals surface area contributed by atoms with E-state index in [1.807, 2.05) is 0 Å². The minimum Gasteiger partial charge on any atom is -0.478 e. The number of hydrogen-bond acceptors (Lipinski definition) is 5. The first-order valence-corrected chi connectivity index (χ1v) is 4.87. The summed E-state index contributed by atoms with van der Waals surface area (Å²) in [5.74, 6) is -0.501. The fourth-order valence-electron chi connectivity index (χ4n) is 1.22. The van der Waals surface area contributed by atoms with E-state index in [0.717, 1.165) is 0 Å². The lowest BCUT2D eigenvalue weighted by Gasteiger charge is -2.07. The van der Waals surface area contributed by atoms with E-state index in [2.05, 4.69) is 15.0 Å². The summed E-state index contributed by atoms with van der Waals surface area (Å²) in [6, 6.07) is 3.00. The number of carbonyl (C=O) groups is 2. The molecule has 0 aliphatic heterocycles. The maximum absolute atomic E-state index is 10.7. The van der Waals surface area contributed by atoms with E-state index in [0.29, 0.717) is 18.1 Å². The molecule has 7 nitrogen and oxygen atoms in total. The second-order valence-electron chi connectivity index (χ2n) is 3.23. The molecule has 0 radical (unpaired) electrons. The standard InChI is InChI=1S/C10H13N3O4/c1-6-7(9(14)15)2-3-8(13-6)12-4-5-17-10(11)16/h2-3H,4-5H2,1H3,(H2,11,16)(H,12,13)(H,14,15). The molecule has 1 amide bonds. The van der Waals surface area contributed by atoms with Crippen LogP contribution in [0.1, 0.15) is 16.1 Å². The van der Waals surface area contributed by atoms with Gasteiger partial charge in [-0.2, -0.15) is 0 Å². The molecule has 0 spiro atoms. The maximum atomic E-state index is 10.7. The van der Waals surface area contributed by atoms with Gasteiger partial charge in [0.15, 0.2) is 0 Å². The summed E-state index contributed by atoms with van der Waals surface area (Å²) < 4.78 is 4.51. The Kier molecular flexibility index (Phi) is 4.27.